The number of halogens is 1. The Bertz CT molecular complexity index is 585. The Morgan fingerprint density at radius 2 is 2.21 bits per heavy atom. The van der Waals surface area contributed by atoms with Crippen LogP contribution in [0.4, 0.5) is 5.82 Å². The Morgan fingerprint density at radius 3 is 3.05 bits per heavy atom. The molecular weight excluding hydrogens is 302 g/mol. The molecule has 1 aromatic carbocycles. The van der Waals surface area contributed by atoms with Crippen LogP contribution in [0.25, 0.3) is 10.9 Å². The molecule has 1 unspecified atom stereocenters. The average molecular weight is 320 g/mol. The van der Waals surface area contributed by atoms with Crippen molar-refractivity contribution in [3.8, 4) is 0 Å². The van der Waals surface area contributed by atoms with Gasteiger partial charge in [0.25, 0.3) is 0 Å². The average Bonchev–Trinajstić information content (AvgIpc) is 2.46. The van der Waals surface area contributed by atoms with Gasteiger partial charge < -0.3 is 4.90 Å². The van der Waals surface area contributed by atoms with E-state index in [0.29, 0.717) is 6.04 Å². The van der Waals surface area contributed by atoms with E-state index in [1.54, 1.807) is 6.33 Å². The molecule has 3 nitrogen and oxygen atoms in total. The predicted octanol–water partition coefficient (Wildman–Crippen LogP) is 4.16. The zero-order valence-electron chi connectivity index (χ0n) is 11.1. The number of hydrogen-bond donors (Lipinski definition) is 0. The van der Waals surface area contributed by atoms with E-state index >= 15 is 0 Å². The highest BCUT2D eigenvalue weighted by atomic mass is 79.9. The topological polar surface area (TPSA) is 29.0 Å². The van der Waals surface area contributed by atoms with Crippen molar-refractivity contribution in [3.05, 3.63) is 29.0 Å². The normalized spacial score (nSPS) is 19.9. The third-order valence-electron chi connectivity index (χ3n) is 3.95. The summed E-state index contributed by atoms with van der Waals surface area (Å²) in [6, 6.07) is 6.83. The van der Waals surface area contributed by atoms with Crippen LogP contribution in [0.1, 0.15) is 32.6 Å². The van der Waals surface area contributed by atoms with Crippen molar-refractivity contribution in [2.24, 2.45) is 0 Å². The first kappa shape index (κ1) is 12.9. The van der Waals surface area contributed by atoms with Crippen LogP contribution in [-0.2, 0) is 0 Å². The van der Waals surface area contributed by atoms with E-state index in [1.165, 1.54) is 25.7 Å². The van der Waals surface area contributed by atoms with Crippen LogP contribution in [-0.4, -0.2) is 22.6 Å². The molecule has 3 rings (SSSR count). The van der Waals surface area contributed by atoms with Gasteiger partial charge in [-0.05, 0) is 43.9 Å². The van der Waals surface area contributed by atoms with Gasteiger partial charge in [-0.15, -0.1) is 0 Å². The van der Waals surface area contributed by atoms with E-state index in [0.717, 1.165) is 27.7 Å². The number of anilines is 1. The second kappa shape index (κ2) is 5.45. The van der Waals surface area contributed by atoms with Gasteiger partial charge in [-0.25, -0.2) is 9.97 Å². The van der Waals surface area contributed by atoms with Gasteiger partial charge >= 0.3 is 0 Å². The summed E-state index contributed by atoms with van der Waals surface area (Å²) < 4.78 is 1.08. The molecule has 19 heavy (non-hydrogen) atoms. The summed E-state index contributed by atoms with van der Waals surface area (Å²) >= 11 is 3.55. The zero-order chi connectivity index (χ0) is 13.2. The predicted molar refractivity (Wildman–Crippen MR) is 82.5 cm³/mol. The molecular formula is C15H18BrN3. The summed E-state index contributed by atoms with van der Waals surface area (Å²) in [5, 5.41) is 1.15. The van der Waals surface area contributed by atoms with Crippen molar-refractivity contribution in [1.29, 1.82) is 0 Å². The Labute approximate surface area is 122 Å². The van der Waals surface area contributed by atoms with E-state index in [-0.39, 0.29) is 0 Å². The minimum absolute atomic E-state index is 0.617. The van der Waals surface area contributed by atoms with Crippen LogP contribution in [0.5, 0.6) is 0 Å². The Balaban J connectivity index is 2.10. The van der Waals surface area contributed by atoms with Crippen molar-refractivity contribution in [1.82, 2.24) is 9.97 Å². The molecule has 100 valence electrons. The summed E-state index contributed by atoms with van der Waals surface area (Å²) in [5.41, 5.74) is 1.02. The van der Waals surface area contributed by atoms with Crippen LogP contribution < -0.4 is 4.90 Å². The van der Waals surface area contributed by atoms with Crippen molar-refractivity contribution >= 4 is 32.7 Å². The largest absolute Gasteiger partial charge is 0.353 e. The van der Waals surface area contributed by atoms with E-state index in [2.05, 4.69) is 49.9 Å². The Morgan fingerprint density at radius 1 is 1.32 bits per heavy atom. The molecule has 1 aliphatic rings. The first-order valence-corrected chi connectivity index (χ1v) is 7.76. The quantitative estimate of drug-likeness (QED) is 0.832. The van der Waals surface area contributed by atoms with Gasteiger partial charge in [0, 0.05) is 22.4 Å². The highest BCUT2D eigenvalue weighted by molar-refractivity contribution is 9.10. The molecule has 1 saturated heterocycles. The molecule has 1 aromatic heterocycles. The van der Waals surface area contributed by atoms with E-state index in [4.69, 9.17) is 0 Å². The minimum Gasteiger partial charge on any atom is -0.353 e. The fourth-order valence-electron chi connectivity index (χ4n) is 2.95. The molecule has 4 heteroatoms. The lowest BCUT2D eigenvalue weighted by molar-refractivity contribution is 0.448. The lowest BCUT2D eigenvalue weighted by Crippen LogP contribution is -2.39. The number of hydrogen-bond acceptors (Lipinski definition) is 3. The summed E-state index contributed by atoms with van der Waals surface area (Å²) in [6.07, 6.45) is 6.74. The highest BCUT2D eigenvalue weighted by Gasteiger charge is 2.23. The maximum Gasteiger partial charge on any atom is 0.140 e. The number of fused-ring (bicyclic) bond motifs is 1. The summed E-state index contributed by atoms with van der Waals surface area (Å²) in [4.78, 5) is 11.4. The number of piperidine rings is 1. The van der Waals surface area contributed by atoms with Crippen molar-refractivity contribution < 1.29 is 0 Å². The number of nitrogens with zero attached hydrogens (tertiary/aromatic N) is 3. The minimum atomic E-state index is 0.617. The monoisotopic (exact) mass is 319 g/mol. The lowest BCUT2D eigenvalue weighted by Gasteiger charge is -2.36. The van der Waals surface area contributed by atoms with E-state index in [1.807, 2.05) is 6.07 Å². The zero-order valence-corrected chi connectivity index (χ0v) is 12.7. The molecule has 0 bridgehead atoms. The molecule has 1 atom stereocenters. The first-order valence-electron chi connectivity index (χ1n) is 6.96. The molecule has 1 fully saturated rings. The van der Waals surface area contributed by atoms with Crippen LogP contribution in [0.2, 0.25) is 0 Å². The molecule has 1 aliphatic heterocycles. The summed E-state index contributed by atoms with van der Waals surface area (Å²) in [5.74, 6) is 1.10. The van der Waals surface area contributed by atoms with Crippen molar-refractivity contribution in [2.75, 3.05) is 11.4 Å². The molecule has 0 spiro atoms. The molecule has 0 saturated carbocycles. The lowest BCUT2D eigenvalue weighted by atomic mass is 9.99. The van der Waals surface area contributed by atoms with Crippen molar-refractivity contribution in [3.63, 3.8) is 0 Å². The van der Waals surface area contributed by atoms with Crippen molar-refractivity contribution in [2.45, 2.75) is 38.6 Å². The summed E-state index contributed by atoms with van der Waals surface area (Å²) in [6.45, 7) is 3.37. The fourth-order valence-corrected chi connectivity index (χ4v) is 3.31. The number of aromatic nitrogens is 2. The van der Waals surface area contributed by atoms with Gasteiger partial charge in [0.05, 0.1) is 5.52 Å². The van der Waals surface area contributed by atoms with Crippen LogP contribution in [0.3, 0.4) is 0 Å². The standard InChI is InChI=1S/C15H18BrN3/c1-2-12-5-3-4-8-19(12)15-13-9-11(16)6-7-14(13)17-10-18-15/h6-7,9-10,12H,2-5,8H2,1H3. The van der Waals surface area contributed by atoms with Gasteiger partial charge in [-0.2, -0.15) is 0 Å². The number of benzene rings is 1. The van der Waals surface area contributed by atoms with Crippen LogP contribution in [0.15, 0.2) is 29.0 Å². The van der Waals surface area contributed by atoms with E-state index in [9.17, 15) is 0 Å². The van der Waals surface area contributed by atoms with Gasteiger partial charge in [0.15, 0.2) is 0 Å². The molecule has 2 heterocycles. The van der Waals surface area contributed by atoms with Gasteiger partial charge in [-0.3, -0.25) is 0 Å². The first-order chi connectivity index (χ1) is 9.29. The van der Waals surface area contributed by atoms with Gasteiger partial charge in [-0.1, -0.05) is 22.9 Å². The fraction of sp³-hybridized carbons (Fsp3) is 0.467. The third-order valence-corrected chi connectivity index (χ3v) is 4.44. The van der Waals surface area contributed by atoms with Gasteiger partial charge in [0.1, 0.15) is 12.1 Å². The molecule has 0 radical (unpaired) electrons. The highest BCUT2D eigenvalue weighted by Crippen LogP contribution is 2.31. The van der Waals surface area contributed by atoms with Crippen LogP contribution >= 0.6 is 15.9 Å². The number of rotatable bonds is 2. The second-order valence-electron chi connectivity index (χ2n) is 5.11. The molecule has 0 aliphatic carbocycles. The maximum absolute atomic E-state index is 4.56. The third kappa shape index (κ3) is 2.46. The second-order valence-corrected chi connectivity index (χ2v) is 6.03. The maximum atomic E-state index is 4.56. The molecule has 0 amide bonds. The smallest absolute Gasteiger partial charge is 0.140 e. The van der Waals surface area contributed by atoms with E-state index < -0.39 is 0 Å². The van der Waals surface area contributed by atoms with Gasteiger partial charge in [0.2, 0.25) is 0 Å². The SMILES string of the molecule is CCC1CCCCN1c1ncnc2ccc(Br)cc12. The van der Waals surface area contributed by atoms with Crippen LogP contribution in [0, 0.1) is 0 Å². The molecule has 2 aromatic rings. The summed E-state index contributed by atoms with van der Waals surface area (Å²) in [7, 11) is 0. The molecule has 0 N–H and O–H groups in total. The Hall–Kier alpha value is -1.16. The Kier molecular flexibility index (Phi) is 3.69.